The van der Waals surface area contributed by atoms with Gasteiger partial charge < -0.3 is 20.1 Å². The van der Waals surface area contributed by atoms with E-state index in [4.69, 9.17) is 4.74 Å². The standard InChI is InChI=1S/C28H34N2O5/c1-4-28(5-2,26(33)30-14-18(3)23(15-30)25(31)32)17-29-27(34)35-16-24-21-12-8-6-10-19(21)20-11-7-9-13-22(20)24/h6-13,18,23-24H,4-5,14-17H2,1-3H3,(H,29,34)(H,31,32)/t18-,23-/m1/s1. The lowest BCUT2D eigenvalue weighted by atomic mass is 9.80. The third kappa shape index (κ3) is 4.64. The van der Waals surface area contributed by atoms with Crippen LogP contribution in [0.4, 0.5) is 4.79 Å². The Labute approximate surface area is 206 Å². The summed E-state index contributed by atoms with van der Waals surface area (Å²) in [6, 6.07) is 16.3. The number of ether oxygens (including phenoxy) is 1. The maximum absolute atomic E-state index is 13.4. The fraction of sp³-hybridized carbons (Fsp3) is 0.464. The number of nitrogens with one attached hydrogen (secondary N) is 1. The molecule has 7 heteroatoms. The molecule has 0 saturated carbocycles. The summed E-state index contributed by atoms with van der Waals surface area (Å²) in [4.78, 5) is 39.3. The number of alkyl carbamates (subject to hydrolysis) is 1. The van der Waals surface area contributed by atoms with Crippen LogP contribution in [0, 0.1) is 17.3 Å². The van der Waals surface area contributed by atoms with E-state index in [1.807, 2.05) is 45.0 Å². The highest BCUT2D eigenvalue weighted by atomic mass is 16.5. The first-order valence-corrected chi connectivity index (χ1v) is 12.4. The summed E-state index contributed by atoms with van der Waals surface area (Å²) in [6.07, 6.45) is 0.521. The van der Waals surface area contributed by atoms with Crippen LogP contribution in [0.15, 0.2) is 48.5 Å². The van der Waals surface area contributed by atoms with Gasteiger partial charge in [0.1, 0.15) is 6.61 Å². The number of fused-ring (bicyclic) bond motifs is 3. The summed E-state index contributed by atoms with van der Waals surface area (Å²) in [5.41, 5.74) is 3.82. The number of aliphatic carboxylic acids is 1. The van der Waals surface area contributed by atoms with Gasteiger partial charge in [-0.25, -0.2) is 4.79 Å². The molecule has 0 aromatic heterocycles. The van der Waals surface area contributed by atoms with Crippen molar-refractivity contribution in [1.29, 1.82) is 0 Å². The number of benzene rings is 2. The second-order valence-electron chi connectivity index (χ2n) is 9.80. The first-order valence-electron chi connectivity index (χ1n) is 12.4. The SMILES string of the molecule is CCC(CC)(CNC(=O)OCC1c2ccccc2-c2ccccc21)C(=O)N1C[C@@H](C)[C@H](C(=O)O)C1. The number of nitrogens with zero attached hydrogens (tertiary/aromatic N) is 1. The highest BCUT2D eigenvalue weighted by Crippen LogP contribution is 2.44. The monoisotopic (exact) mass is 478 g/mol. The number of carboxylic acids is 1. The molecule has 2 aromatic rings. The number of rotatable bonds is 8. The van der Waals surface area contributed by atoms with Crippen LogP contribution >= 0.6 is 0 Å². The second kappa shape index (κ2) is 10.1. The Morgan fingerprint density at radius 2 is 1.57 bits per heavy atom. The Morgan fingerprint density at radius 1 is 1.00 bits per heavy atom. The molecular weight excluding hydrogens is 444 g/mol. The Bertz CT molecular complexity index is 1060. The van der Waals surface area contributed by atoms with Crippen molar-refractivity contribution in [1.82, 2.24) is 10.2 Å². The van der Waals surface area contributed by atoms with Crippen LogP contribution in [0.2, 0.25) is 0 Å². The molecule has 1 saturated heterocycles. The Kier molecular flexibility index (Phi) is 7.15. The molecule has 186 valence electrons. The number of carbonyl (C=O) groups is 3. The normalized spacial score (nSPS) is 19.2. The quantitative estimate of drug-likeness (QED) is 0.582. The molecule has 1 aliphatic carbocycles. The van der Waals surface area contributed by atoms with Crippen LogP contribution in [0.3, 0.4) is 0 Å². The van der Waals surface area contributed by atoms with Gasteiger partial charge in [0.15, 0.2) is 0 Å². The highest BCUT2D eigenvalue weighted by Gasteiger charge is 2.44. The van der Waals surface area contributed by atoms with Crippen molar-refractivity contribution in [2.24, 2.45) is 17.3 Å². The third-order valence-electron chi connectivity index (χ3n) is 7.94. The van der Waals surface area contributed by atoms with Crippen molar-refractivity contribution in [2.45, 2.75) is 39.5 Å². The van der Waals surface area contributed by atoms with Crippen molar-refractivity contribution < 1.29 is 24.2 Å². The van der Waals surface area contributed by atoms with Crippen LogP contribution in [-0.2, 0) is 14.3 Å². The number of amides is 2. The van der Waals surface area contributed by atoms with Gasteiger partial charge in [0.2, 0.25) is 5.91 Å². The fourth-order valence-corrected chi connectivity index (χ4v) is 5.56. The lowest BCUT2D eigenvalue weighted by molar-refractivity contribution is -0.143. The van der Waals surface area contributed by atoms with E-state index in [1.54, 1.807) is 4.90 Å². The molecule has 2 amide bonds. The van der Waals surface area contributed by atoms with Gasteiger partial charge in [-0.1, -0.05) is 69.3 Å². The zero-order chi connectivity index (χ0) is 25.2. The summed E-state index contributed by atoms with van der Waals surface area (Å²) < 4.78 is 5.64. The van der Waals surface area contributed by atoms with E-state index in [1.165, 1.54) is 0 Å². The molecule has 1 aliphatic heterocycles. The van der Waals surface area contributed by atoms with Crippen LogP contribution < -0.4 is 5.32 Å². The molecule has 35 heavy (non-hydrogen) atoms. The van der Waals surface area contributed by atoms with Crippen LogP contribution in [0.5, 0.6) is 0 Å². The first-order chi connectivity index (χ1) is 16.8. The summed E-state index contributed by atoms with van der Waals surface area (Å²) >= 11 is 0. The Hall–Kier alpha value is -3.35. The van der Waals surface area contributed by atoms with Gasteiger partial charge in [-0.15, -0.1) is 0 Å². The predicted molar refractivity (Wildman–Crippen MR) is 133 cm³/mol. The lowest BCUT2D eigenvalue weighted by Gasteiger charge is -2.34. The van der Waals surface area contributed by atoms with Gasteiger partial charge >= 0.3 is 12.1 Å². The van der Waals surface area contributed by atoms with Gasteiger partial charge in [0.25, 0.3) is 0 Å². The summed E-state index contributed by atoms with van der Waals surface area (Å²) in [7, 11) is 0. The van der Waals surface area contributed by atoms with Crippen molar-refractivity contribution in [2.75, 3.05) is 26.2 Å². The van der Waals surface area contributed by atoms with Crippen LogP contribution in [-0.4, -0.2) is 54.2 Å². The molecule has 2 N–H and O–H groups in total. The number of hydrogen-bond acceptors (Lipinski definition) is 4. The number of hydrogen-bond donors (Lipinski definition) is 2. The molecule has 4 rings (SSSR count). The van der Waals surface area contributed by atoms with E-state index >= 15 is 0 Å². The van der Waals surface area contributed by atoms with Gasteiger partial charge in [-0.2, -0.15) is 0 Å². The molecular formula is C28H34N2O5. The first kappa shape index (κ1) is 24.8. The minimum Gasteiger partial charge on any atom is -0.481 e. The fourth-order valence-electron chi connectivity index (χ4n) is 5.56. The molecule has 0 unspecified atom stereocenters. The molecule has 2 aliphatic rings. The topological polar surface area (TPSA) is 95.9 Å². The molecule has 1 fully saturated rings. The average molecular weight is 479 g/mol. The average Bonchev–Trinajstić information content (AvgIpc) is 3.41. The summed E-state index contributed by atoms with van der Waals surface area (Å²) in [5, 5.41) is 12.3. The Morgan fingerprint density at radius 3 is 2.09 bits per heavy atom. The molecule has 1 heterocycles. The van der Waals surface area contributed by atoms with Crippen molar-refractivity contribution in [3.8, 4) is 11.1 Å². The molecule has 0 bridgehead atoms. The largest absolute Gasteiger partial charge is 0.481 e. The second-order valence-corrected chi connectivity index (χ2v) is 9.80. The van der Waals surface area contributed by atoms with E-state index in [0.717, 1.165) is 22.3 Å². The number of carbonyl (C=O) groups excluding carboxylic acids is 2. The number of likely N-dealkylation sites (tertiary alicyclic amines) is 1. The van der Waals surface area contributed by atoms with E-state index in [2.05, 4.69) is 29.6 Å². The molecule has 2 atom stereocenters. The predicted octanol–water partition coefficient (Wildman–Crippen LogP) is 4.51. The van der Waals surface area contributed by atoms with Gasteiger partial charge in [-0.05, 0) is 41.0 Å². The summed E-state index contributed by atoms with van der Waals surface area (Å²) in [6.45, 7) is 6.70. The lowest BCUT2D eigenvalue weighted by Crippen LogP contribution is -2.49. The molecule has 7 nitrogen and oxygen atoms in total. The molecule has 2 aromatic carbocycles. The Balaban J connectivity index is 1.39. The molecule has 0 radical (unpaired) electrons. The number of carboxylic acid groups (broad SMARTS) is 1. The summed E-state index contributed by atoms with van der Waals surface area (Å²) in [5.74, 6) is -1.66. The maximum atomic E-state index is 13.4. The van der Waals surface area contributed by atoms with E-state index in [-0.39, 0.29) is 37.4 Å². The smallest absolute Gasteiger partial charge is 0.407 e. The van der Waals surface area contributed by atoms with Gasteiger partial charge in [0, 0.05) is 25.6 Å². The van der Waals surface area contributed by atoms with Crippen molar-refractivity contribution in [3.05, 3.63) is 59.7 Å². The van der Waals surface area contributed by atoms with Crippen LogP contribution in [0.1, 0.15) is 50.7 Å². The van der Waals surface area contributed by atoms with E-state index < -0.39 is 23.4 Å². The third-order valence-corrected chi connectivity index (χ3v) is 7.94. The van der Waals surface area contributed by atoms with Crippen molar-refractivity contribution >= 4 is 18.0 Å². The van der Waals surface area contributed by atoms with Crippen molar-refractivity contribution in [3.63, 3.8) is 0 Å². The zero-order valence-corrected chi connectivity index (χ0v) is 20.6. The maximum Gasteiger partial charge on any atom is 0.407 e. The minimum absolute atomic E-state index is 0.0315. The zero-order valence-electron chi connectivity index (χ0n) is 20.6. The highest BCUT2D eigenvalue weighted by molar-refractivity contribution is 5.85. The van der Waals surface area contributed by atoms with E-state index in [0.29, 0.717) is 19.4 Å². The van der Waals surface area contributed by atoms with Gasteiger partial charge in [-0.3, -0.25) is 9.59 Å². The minimum atomic E-state index is -0.872. The molecule has 0 spiro atoms. The van der Waals surface area contributed by atoms with Crippen LogP contribution in [0.25, 0.3) is 11.1 Å². The van der Waals surface area contributed by atoms with E-state index in [9.17, 15) is 19.5 Å². The van der Waals surface area contributed by atoms with Gasteiger partial charge in [0.05, 0.1) is 11.3 Å².